The highest BCUT2D eigenvalue weighted by atomic mass is 35.5. The summed E-state index contributed by atoms with van der Waals surface area (Å²) < 4.78 is 35.2. The molecule has 2 aromatic carbocycles. The molecule has 0 bridgehead atoms. The number of fused-ring (bicyclic) bond motifs is 1. The quantitative estimate of drug-likeness (QED) is 0.271. The van der Waals surface area contributed by atoms with Crippen molar-refractivity contribution in [2.75, 3.05) is 36.1 Å². The van der Waals surface area contributed by atoms with Crippen molar-refractivity contribution in [1.29, 1.82) is 0 Å². The predicted octanol–water partition coefficient (Wildman–Crippen LogP) is 4.13. The van der Waals surface area contributed by atoms with E-state index in [1.807, 2.05) is 23.7 Å². The van der Waals surface area contributed by atoms with Crippen molar-refractivity contribution in [2.45, 2.75) is 23.8 Å². The minimum absolute atomic E-state index is 0.128. The maximum atomic E-state index is 13.5. The minimum atomic E-state index is -4.28. The second-order valence-electron chi connectivity index (χ2n) is 9.24. The minimum Gasteiger partial charge on any atom is -0.480 e. The number of carbonyl (C=O) groups is 1. The fourth-order valence-electron chi connectivity index (χ4n) is 4.59. The van der Waals surface area contributed by atoms with E-state index in [0.717, 1.165) is 41.8 Å². The van der Waals surface area contributed by atoms with Crippen LogP contribution in [0.25, 0.3) is 16.7 Å². The number of rotatable bonds is 9. The van der Waals surface area contributed by atoms with Crippen molar-refractivity contribution in [3.05, 3.63) is 70.8 Å². The summed E-state index contributed by atoms with van der Waals surface area (Å²) in [7, 11) is -2.28. The molecule has 1 aliphatic heterocycles. The molecule has 0 spiro atoms. The van der Waals surface area contributed by atoms with Gasteiger partial charge in [-0.15, -0.1) is 10.2 Å². The molecule has 0 aliphatic carbocycles. The van der Waals surface area contributed by atoms with Gasteiger partial charge in [-0.2, -0.15) is 12.8 Å². The molecular formula is C26H26Cl2N6O5S. The van der Waals surface area contributed by atoms with E-state index in [1.165, 1.54) is 18.2 Å². The van der Waals surface area contributed by atoms with E-state index in [-0.39, 0.29) is 20.6 Å². The molecule has 5 rings (SSSR count). The number of aliphatic carboxylic acids is 1. The number of hydrogen-bond acceptors (Lipinski definition) is 8. The van der Waals surface area contributed by atoms with E-state index in [0.29, 0.717) is 17.2 Å². The van der Waals surface area contributed by atoms with Crippen LogP contribution >= 0.6 is 23.2 Å². The number of nitrogens with zero attached hydrogens (tertiary/aromatic N) is 5. The molecule has 0 unspecified atom stereocenters. The summed E-state index contributed by atoms with van der Waals surface area (Å²) in [6.45, 7) is 0.821. The Kier molecular flexibility index (Phi) is 8.15. The van der Waals surface area contributed by atoms with Gasteiger partial charge in [0.1, 0.15) is 6.54 Å². The van der Waals surface area contributed by atoms with E-state index in [9.17, 15) is 18.3 Å². The van der Waals surface area contributed by atoms with Crippen LogP contribution in [-0.2, 0) is 19.6 Å². The Morgan fingerprint density at radius 2 is 1.80 bits per heavy atom. The Morgan fingerprint density at radius 1 is 1.07 bits per heavy atom. The standard InChI is InChI=1S/C26H26Cl2N6O5S/c1-32(20-7-10-39-11-8-20)24-4-5-25(31-30-24)33-9-6-17-12-21(2-3-23(17)33)34(29-16-26(35)36)40(37,38)22-14-18(27)13-19(28)15-22/h2-6,9,12-15,20,29H,7-8,10-11,16H2,1H3,(H,35,36). The van der Waals surface area contributed by atoms with Crippen LogP contribution in [0.2, 0.25) is 10.0 Å². The molecule has 210 valence electrons. The van der Waals surface area contributed by atoms with Gasteiger partial charge in [0.15, 0.2) is 11.6 Å². The van der Waals surface area contributed by atoms with Crippen molar-refractivity contribution in [1.82, 2.24) is 20.2 Å². The Balaban J connectivity index is 1.46. The zero-order valence-corrected chi connectivity index (χ0v) is 23.7. The van der Waals surface area contributed by atoms with Crippen molar-refractivity contribution in [3.63, 3.8) is 0 Å². The zero-order valence-electron chi connectivity index (χ0n) is 21.4. The molecule has 11 nitrogen and oxygen atoms in total. The summed E-state index contributed by atoms with van der Waals surface area (Å²) in [5.74, 6) is 0.121. The number of aromatic nitrogens is 3. The largest absolute Gasteiger partial charge is 0.480 e. The maximum absolute atomic E-state index is 13.5. The third-order valence-corrected chi connectivity index (χ3v) is 8.73. The molecule has 2 aromatic heterocycles. The summed E-state index contributed by atoms with van der Waals surface area (Å²) in [6, 6.07) is 14.8. The van der Waals surface area contributed by atoms with Crippen LogP contribution in [0.3, 0.4) is 0 Å². The highest BCUT2D eigenvalue weighted by Gasteiger charge is 2.27. The van der Waals surface area contributed by atoms with Crippen LogP contribution in [0, 0.1) is 0 Å². The molecule has 4 aromatic rings. The number of nitrogens with one attached hydrogen (secondary N) is 1. The fourth-order valence-corrected chi connectivity index (χ4v) is 6.63. The number of halogens is 2. The lowest BCUT2D eigenvalue weighted by molar-refractivity contribution is -0.135. The van der Waals surface area contributed by atoms with Crippen molar-refractivity contribution in [3.8, 4) is 5.82 Å². The van der Waals surface area contributed by atoms with Crippen LogP contribution in [0.5, 0.6) is 0 Å². The molecule has 14 heteroatoms. The van der Waals surface area contributed by atoms with E-state index in [2.05, 4.69) is 20.5 Å². The van der Waals surface area contributed by atoms with Crippen LogP contribution in [0.15, 0.2) is 65.7 Å². The third kappa shape index (κ3) is 5.86. The lowest BCUT2D eigenvalue weighted by Crippen LogP contribution is -2.45. The first kappa shape index (κ1) is 28.1. The van der Waals surface area contributed by atoms with E-state index in [4.69, 9.17) is 27.9 Å². The Bertz CT molecular complexity index is 1620. The first-order valence-corrected chi connectivity index (χ1v) is 14.6. The monoisotopic (exact) mass is 604 g/mol. The van der Waals surface area contributed by atoms with Crippen LogP contribution < -0.4 is 14.7 Å². The highest BCUT2D eigenvalue weighted by Crippen LogP contribution is 2.30. The summed E-state index contributed by atoms with van der Waals surface area (Å²) in [5, 5.41) is 19.0. The van der Waals surface area contributed by atoms with Gasteiger partial charge in [0.25, 0.3) is 10.0 Å². The number of hydrazine groups is 1. The van der Waals surface area contributed by atoms with E-state index < -0.39 is 22.5 Å². The number of sulfonamides is 1. The van der Waals surface area contributed by atoms with Crippen LogP contribution in [-0.4, -0.2) is 67.1 Å². The Hall–Kier alpha value is -3.42. The number of ether oxygens (including phenoxy) is 1. The summed E-state index contributed by atoms with van der Waals surface area (Å²) >= 11 is 12.1. The van der Waals surface area contributed by atoms with Crippen molar-refractivity contribution >= 4 is 61.6 Å². The first-order valence-electron chi connectivity index (χ1n) is 12.4. The predicted molar refractivity (Wildman–Crippen MR) is 153 cm³/mol. The topological polar surface area (TPSA) is 130 Å². The molecule has 2 N–H and O–H groups in total. The van der Waals surface area contributed by atoms with Gasteiger partial charge >= 0.3 is 5.97 Å². The molecular weight excluding hydrogens is 579 g/mol. The van der Waals surface area contributed by atoms with Crippen molar-refractivity contribution in [2.24, 2.45) is 0 Å². The van der Waals surface area contributed by atoms with Crippen LogP contribution in [0.4, 0.5) is 11.5 Å². The maximum Gasteiger partial charge on any atom is 0.319 e. The van der Waals surface area contributed by atoms with Gasteiger partial charge in [-0.1, -0.05) is 23.2 Å². The molecule has 1 fully saturated rings. The second-order valence-corrected chi connectivity index (χ2v) is 11.9. The first-order chi connectivity index (χ1) is 19.1. The lowest BCUT2D eigenvalue weighted by Gasteiger charge is -2.31. The Morgan fingerprint density at radius 3 is 2.45 bits per heavy atom. The van der Waals surface area contributed by atoms with Gasteiger partial charge in [-0.25, -0.2) is 5.43 Å². The van der Waals surface area contributed by atoms with Gasteiger partial charge < -0.3 is 14.7 Å². The number of carboxylic acids is 1. The lowest BCUT2D eigenvalue weighted by atomic mass is 10.1. The van der Waals surface area contributed by atoms with Gasteiger partial charge in [-0.05, 0) is 67.4 Å². The smallest absolute Gasteiger partial charge is 0.319 e. The zero-order chi connectivity index (χ0) is 28.4. The molecule has 0 saturated carbocycles. The van der Waals surface area contributed by atoms with Gasteiger partial charge in [0.05, 0.1) is 16.1 Å². The van der Waals surface area contributed by atoms with E-state index >= 15 is 0 Å². The summed E-state index contributed by atoms with van der Waals surface area (Å²) in [6.07, 6.45) is 3.67. The normalized spacial score (nSPS) is 14.4. The second kappa shape index (κ2) is 11.6. The summed E-state index contributed by atoms with van der Waals surface area (Å²) in [5.41, 5.74) is 3.43. The number of carboxylic acid groups (broad SMARTS) is 1. The van der Waals surface area contributed by atoms with Gasteiger partial charge in [-0.3, -0.25) is 9.36 Å². The average Bonchev–Trinajstić information content (AvgIpc) is 3.36. The van der Waals surface area contributed by atoms with Gasteiger partial charge in [0, 0.05) is 47.9 Å². The average molecular weight is 606 g/mol. The molecule has 40 heavy (non-hydrogen) atoms. The molecule has 0 atom stereocenters. The molecule has 3 heterocycles. The van der Waals surface area contributed by atoms with Crippen LogP contribution in [0.1, 0.15) is 12.8 Å². The highest BCUT2D eigenvalue weighted by molar-refractivity contribution is 7.92. The number of anilines is 2. The fraction of sp³-hybridized carbons (Fsp3) is 0.269. The molecule has 0 amide bonds. The van der Waals surface area contributed by atoms with Gasteiger partial charge in [0.2, 0.25) is 0 Å². The number of hydrogen-bond donors (Lipinski definition) is 2. The molecule has 1 saturated heterocycles. The van der Waals surface area contributed by atoms with E-state index in [1.54, 1.807) is 30.5 Å². The Labute approximate surface area is 240 Å². The van der Waals surface area contributed by atoms with Crippen molar-refractivity contribution < 1.29 is 23.1 Å². The SMILES string of the molecule is CN(c1ccc(-n2ccc3cc(N(NCC(=O)O)S(=O)(=O)c4cc(Cl)cc(Cl)c4)ccc32)nn1)C1CCOCC1. The molecule has 0 radical (unpaired) electrons. The summed E-state index contributed by atoms with van der Waals surface area (Å²) in [4.78, 5) is 13.2. The third-order valence-electron chi connectivity index (χ3n) is 6.64. The number of benzene rings is 2. The molecule has 1 aliphatic rings.